The Labute approximate surface area is 123 Å². The van der Waals surface area contributed by atoms with Crippen molar-refractivity contribution in [1.82, 2.24) is 10.2 Å². The molecule has 3 heteroatoms. The van der Waals surface area contributed by atoms with E-state index in [1.807, 2.05) is 0 Å². The molecule has 0 aromatic carbocycles. The summed E-state index contributed by atoms with van der Waals surface area (Å²) >= 11 is 0. The molecule has 0 aliphatic heterocycles. The maximum atomic E-state index is 12.8. The Bertz CT molecular complexity index is 399. The Morgan fingerprint density at radius 1 is 1.10 bits per heavy atom. The van der Waals surface area contributed by atoms with E-state index in [1.54, 1.807) is 0 Å². The van der Waals surface area contributed by atoms with Crippen LogP contribution in [0, 0.1) is 22.2 Å². The molecule has 4 bridgehead atoms. The molecule has 0 aromatic rings. The SMILES string of the molecule is CN(C)CCNC(=O)C12CC3CC(C)(CC(C)(C3)C1)C2. The number of hydrogen-bond acceptors (Lipinski definition) is 2. The van der Waals surface area contributed by atoms with Crippen LogP contribution in [0.1, 0.15) is 52.4 Å². The minimum absolute atomic E-state index is 0.0464. The van der Waals surface area contributed by atoms with Crippen LogP contribution in [0.3, 0.4) is 0 Å². The zero-order valence-electron chi connectivity index (χ0n) is 13.6. The van der Waals surface area contributed by atoms with Crippen LogP contribution in [0.4, 0.5) is 0 Å². The van der Waals surface area contributed by atoms with Gasteiger partial charge in [0.1, 0.15) is 0 Å². The van der Waals surface area contributed by atoms with Crippen molar-refractivity contribution < 1.29 is 4.79 Å². The Morgan fingerprint density at radius 3 is 2.20 bits per heavy atom. The lowest BCUT2D eigenvalue weighted by molar-refractivity contribution is -0.170. The van der Waals surface area contributed by atoms with Crippen molar-refractivity contribution in [2.45, 2.75) is 52.4 Å². The average molecular weight is 278 g/mol. The van der Waals surface area contributed by atoms with Crippen molar-refractivity contribution in [1.29, 1.82) is 0 Å². The molecule has 0 saturated heterocycles. The highest BCUT2D eigenvalue weighted by Gasteiger charge is 2.62. The standard InChI is InChI=1S/C17H30N2O/c1-15-7-13-8-16(2,10-15)12-17(9-13,11-15)14(20)18-5-6-19(3)4/h13H,5-12H2,1-4H3,(H,18,20). The molecular weight excluding hydrogens is 248 g/mol. The molecule has 0 heterocycles. The summed E-state index contributed by atoms with van der Waals surface area (Å²) in [5, 5.41) is 3.22. The first-order chi connectivity index (χ1) is 9.24. The fourth-order valence-electron chi connectivity index (χ4n) is 6.28. The van der Waals surface area contributed by atoms with E-state index in [-0.39, 0.29) is 5.41 Å². The first kappa shape index (κ1) is 14.4. The first-order valence-corrected chi connectivity index (χ1v) is 8.18. The molecule has 0 radical (unpaired) electrons. The zero-order valence-corrected chi connectivity index (χ0v) is 13.6. The molecule has 4 aliphatic carbocycles. The van der Waals surface area contributed by atoms with Crippen molar-refractivity contribution >= 4 is 5.91 Å². The van der Waals surface area contributed by atoms with Gasteiger partial charge in [-0.1, -0.05) is 13.8 Å². The van der Waals surface area contributed by atoms with E-state index in [0.717, 1.165) is 38.3 Å². The van der Waals surface area contributed by atoms with Crippen LogP contribution in [-0.4, -0.2) is 38.0 Å². The topological polar surface area (TPSA) is 32.3 Å². The van der Waals surface area contributed by atoms with Crippen LogP contribution in [0.25, 0.3) is 0 Å². The summed E-state index contributed by atoms with van der Waals surface area (Å²) in [6, 6.07) is 0. The summed E-state index contributed by atoms with van der Waals surface area (Å²) in [6.07, 6.45) is 7.44. The van der Waals surface area contributed by atoms with Gasteiger partial charge in [0.2, 0.25) is 5.91 Å². The van der Waals surface area contributed by atoms with Crippen molar-refractivity contribution in [2.24, 2.45) is 22.2 Å². The smallest absolute Gasteiger partial charge is 0.226 e. The van der Waals surface area contributed by atoms with Gasteiger partial charge >= 0.3 is 0 Å². The summed E-state index contributed by atoms with van der Waals surface area (Å²) in [4.78, 5) is 15.0. The molecule has 1 amide bonds. The number of carbonyl (C=O) groups excluding carboxylic acids is 1. The van der Waals surface area contributed by atoms with E-state index in [2.05, 4.69) is 38.2 Å². The molecule has 114 valence electrons. The molecule has 2 atom stereocenters. The number of rotatable bonds is 4. The Balaban J connectivity index is 1.73. The van der Waals surface area contributed by atoms with E-state index in [9.17, 15) is 4.79 Å². The van der Waals surface area contributed by atoms with E-state index < -0.39 is 0 Å². The Kier molecular flexibility index (Phi) is 3.20. The normalized spacial score (nSPS) is 46.0. The molecule has 1 N–H and O–H groups in total. The minimum Gasteiger partial charge on any atom is -0.354 e. The quantitative estimate of drug-likeness (QED) is 0.857. The Morgan fingerprint density at radius 2 is 1.70 bits per heavy atom. The van der Waals surface area contributed by atoms with Crippen LogP contribution in [0.15, 0.2) is 0 Å². The number of nitrogens with zero attached hydrogens (tertiary/aromatic N) is 1. The van der Waals surface area contributed by atoms with E-state index in [4.69, 9.17) is 0 Å². The Hall–Kier alpha value is -0.570. The van der Waals surface area contributed by atoms with Gasteiger partial charge in [-0.2, -0.15) is 0 Å². The summed E-state index contributed by atoms with van der Waals surface area (Å²) in [7, 11) is 4.11. The van der Waals surface area contributed by atoms with Gasteiger partial charge in [0.05, 0.1) is 5.41 Å². The van der Waals surface area contributed by atoms with Gasteiger partial charge in [0.25, 0.3) is 0 Å². The zero-order chi connectivity index (χ0) is 14.6. The maximum Gasteiger partial charge on any atom is 0.226 e. The van der Waals surface area contributed by atoms with E-state index in [0.29, 0.717) is 16.7 Å². The first-order valence-electron chi connectivity index (χ1n) is 8.18. The molecule has 4 saturated carbocycles. The fourth-order valence-corrected chi connectivity index (χ4v) is 6.28. The molecule has 3 nitrogen and oxygen atoms in total. The summed E-state index contributed by atoms with van der Waals surface area (Å²) in [6.45, 7) is 6.57. The van der Waals surface area contributed by atoms with Crippen molar-refractivity contribution in [3.05, 3.63) is 0 Å². The van der Waals surface area contributed by atoms with Gasteiger partial charge in [-0.05, 0) is 69.4 Å². The van der Waals surface area contributed by atoms with Gasteiger partial charge < -0.3 is 10.2 Å². The lowest BCUT2D eigenvalue weighted by Gasteiger charge is -2.64. The second-order valence-corrected chi connectivity index (χ2v) is 8.97. The molecule has 20 heavy (non-hydrogen) atoms. The van der Waals surface area contributed by atoms with Crippen molar-refractivity contribution in [3.63, 3.8) is 0 Å². The monoisotopic (exact) mass is 278 g/mol. The van der Waals surface area contributed by atoms with Gasteiger partial charge in [-0.25, -0.2) is 0 Å². The summed E-state index contributed by atoms with van der Waals surface area (Å²) in [5.41, 5.74) is 0.801. The van der Waals surface area contributed by atoms with Crippen LogP contribution < -0.4 is 5.32 Å². The van der Waals surface area contributed by atoms with E-state index in [1.165, 1.54) is 19.3 Å². The number of carbonyl (C=O) groups is 1. The van der Waals surface area contributed by atoms with Gasteiger partial charge in [0, 0.05) is 13.1 Å². The minimum atomic E-state index is -0.0464. The highest BCUT2D eigenvalue weighted by atomic mass is 16.2. The molecule has 4 fully saturated rings. The lowest BCUT2D eigenvalue weighted by atomic mass is 9.40. The number of likely N-dealkylation sites (N-methyl/N-ethyl adjacent to an activating group) is 1. The van der Waals surface area contributed by atoms with Crippen LogP contribution in [-0.2, 0) is 4.79 Å². The van der Waals surface area contributed by atoms with Gasteiger partial charge in [-0.3, -0.25) is 4.79 Å². The third kappa shape index (κ3) is 2.38. The molecule has 4 aliphatic rings. The average Bonchev–Trinajstić information content (AvgIpc) is 2.22. The van der Waals surface area contributed by atoms with Gasteiger partial charge in [-0.15, -0.1) is 0 Å². The second-order valence-electron chi connectivity index (χ2n) is 8.97. The second kappa shape index (κ2) is 4.46. The largest absolute Gasteiger partial charge is 0.354 e. The third-order valence-corrected chi connectivity index (χ3v) is 5.95. The van der Waals surface area contributed by atoms with Crippen LogP contribution in [0.2, 0.25) is 0 Å². The number of hydrogen-bond donors (Lipinski definition) is 1. The molecule has 0 aromatic heterocycles. The van der Waals surface area contributed by atoms with Crippen molar-refractivity contribution in [2.75, 3.05) is 27.2 Å². The predicted octanol–water partition coefficient (Wildman–Crippen LogP) is 2.66. The van der Waals surface area contributed by atoms with Crippen LogP contribution >= 0.6 is 0 Å². The van der Waals surface area contributed by atoms with Crippen LogP contribution in [0.5, 0.6) is 0 Å². The fraction of sp³-hybridized carbons (Fsp3) is 0.941. The summed E-state index contributed by atoms with van der Waals surface area (Å²) in [5.74, 6) is 1.14. The molecule has 0 spiro atoms. The number of amides is 1. The van der Waals surface area contributed by atoms with Crippen molar-refractivity contribution in [3.8, 4) is 0 Å². The van der Waals surface area contributed by atoms with E-state index >= 15 is 0 Å². The summed E-state index contributed by atoms with van der Waals surface area (Å²) < 4.78 is 0. The highest BCUT2D eigenvalue weighted by Crippen LogP contribution is 2.69. The lowest BCUT2D eigenvalue weighted by Crippen LogP contribution is -2.60. The van der Waals surface area contributed by atoms with Gasteiger partial charge in [0.15, 0.2) is 0 Å². The molecule has 4 rings (SSSR count). The molecule has 2 unspecified atom stereocenters. The highest BCUT2D eigenvalue weighted by molar-refractivity contribution is 5.83. The predicted molar refractivity (Wildman–Crippen MR) is 81.4 cm³/mol. The number of nitrogens with one attached hydrogen (secondary N) is 1. The third-order valence-electron chi connectivity index (χ3n) is 5.95. The molecular formula is C17H30N2O. The maximum absolute atomic E-state index is 12.8.